The Hall–Kier alpha value is -2.47. The first-order valence-electron chi connectivity index (χ1n) is 7.41. The van der Waals surface area contributed by atoms with Gasteiger partial charge in [-0.1, -0.05) is 12.1 Å². The van der Waals surface area contributed by atoms with E-state index in [1.54, 1.807) is 12.4 Å². The first-order chi connectivity index (χ1) is 11.1. The zero-order valence-corrected chi connectivity index (χ0v) is 13.9. The molecule has 0 bridgehead atoms. The first-order valence-corrected chi connectivity index (χ1v) is 8.29. The molecular formula is C17H18N4OS. The smallest absolute Gasteiger partial charge is 0.231 e. The molecule has 23 heavy (non-hydrogen) atoms. The molecule has 1 amide bonds. The van der Waals surface area contributed by atoms with Crippen LogP contribution in [-0.4, -0.2) is 20.4 Å². The highest BCUT2D eigenvalue weighted by atomic mass is 32.1. The summed E-state index contributed by atoms with van der Waals surface area (Å²) >= 11 is 1.49. The van der Waals surface area contributed by atoms with Crippen molar-refractivity contribution in [2.45, 2.75) is 26.3 Å². The lowest BCUT2D eigenvalue weighted by molar-refractivity contribution is -0.115. The number of carbonyl (C=O) groups excluding carboxylic acids is 1. The standard InChI is InChI=1S/C17H18N4OS/c1-12(21-9-7-18-13(21)2)14-3-5-15(6-4-14)20-16(22)11-17-19-8-10-23-17/h3-10,12H,11H2,1-2H3,(H,20,22)/t12-/m0/s1. The zero-order chi connectivity index (χ0) is 16.2. The second-order valence-corrected chi connectivity index (χ2v) is 6.31. The number of hydrogen-bond donors (Lipinski definition) is 1. The van der Waals surface area contributed by atoms with Crippen LogP contribution in [0.3, 0.4) is 0 Å². The molecule has 3 aromatic rings. The number of hydrogen-bond acceptors (Lipinski definition) is 4. The van der Waals surface area contributed by atoms with Gasteiger partial charge in [-0.3, -0.25) is 4.79 Å². The minimum Gasteiger partial charge on any atom is -0.328 e. The maximum atomic E-state index is 12.0. The van der Waals surface area contributed by atoms with Gasteiger partial charge in [0.25, 0.3) is 0 Å². The number of nitrogens with one attached hydrogen (secondary N) is 1. The summed E-state index contributed by atoms with van der Waals surface area (Å²) in [6.45, 7) is 4.12. The van der Waals surface area contributed by atoms with E-state index in [-0.39, 0.29) is 11.9 Å². The van der Waals surface area contributed by atoms with E-state index >= 15 is 0 Å². The third kappa shape index (κ3) is 3.65. The summed E-state index contributed by atoms with van der Waals surface area (Å²) in [6.07, 6.45) is 5.80. The number of nitrogens with zero attached hydrogens (tertiary/aromatic N) is 3. The summed E-state index contributed by atoms with van der Waals surface area (Å²) in [5.74, 6) is 0.935. The summed E-state index contributed by atoms with van der Waals surface area (Å²) in [6, 6.07) is 8.12. The van der Waals surface area contributed by atoms with Crippen molar-refractivity contribution in [3.8, 4) is 0 Å². The van der Waals surface area contributed by atoms with Crippen molar-refractivity contribution in [2.24, 2.45) is 0 Å². The van der Waals surface area contributed by atoms with E-state index in [4.69, 9.17) is 0 Å². The summed E-state index contributed by atoms with van der Waals surface area (Å²) in [5, 5.41) is 5.60. The van der Waals surface area contributed by atoms with Gasteiger partial charge in [-0.25, -0.2) is 9.97 Å². The van der Waals surface area contributed by atoms with Crippen molar-refractivity contribution in [3.63, 3.8) is 0 Å². The van der Waals surface area contributed by atoms with E-state index in [1.807, 2.05) is 42.8 Å². The predicted octanol–water partition coefficient (Wildman–Crippen LogP) is 3.44. The van der Waals surface area contributed by atoms with Crippen molar-refractivity contribution >= 4 is 22.9 Å². The van der Waals surface area contributed by atoms with Crippen molar-refractivity contribution in [3.05, 3.63) is 64.6 Å². The van der Waals surface area contributed by atoms with Crippen LogP contribution >= 0.6 is 11.3 Å². The van der Waals surface area contributed by atoms with E-state index in [1.165, 1.54) is 16.9 Å². The van der Waals surface area contributed by atoms with Gasteiger partial charge < -0.3 is 9.88 Å². The quantitative estimate of drug-likeness (QED) is 0.781. The molecule has 0 aliphatic rings. The molecule has 2 heterocycles. The lowest BCUT2D eigenvalue weighted by Crippen LogP contribution is -2.14. The molecule has 0 fully saturated rings. The molecular weight excluding hydrogens is 308 g/mol. The third-order valence-corrected chi connectivity index (χ3v) is 4.53. The monoisotopic (exact) mass is 326 g/mol. The molecule has 0 radical (unpaired) electrons. The SMILES string of the molecule is Cc1nccn1[C@@H](C)c1ccc(NC(=O)Cc2nccs2)cc1. The number of amides is 1. The maximum absolute atomic E-state index is 12.0. The van der Waals surface area contributed by atoms with Gasteiger partial charge in [0.15, 0.2) is 0 Å². The van der Waals surface area contributed by atoms with Crippen LogP contribution in [0.2, 0.25) is 0 Å². The van der Waals surface area contributed by atoms with Crippen LogP contribution in [0.15, 0.2) is 48.2 Å². The van der Waals surface area contributed by atoms with E-state index in [0.717, 1.165) is 16.5 Å². The van der Waals surface area contributed by atoms with Crippen LogP contribution in [0, 0.1) is 6.92 Å². The molecule has 0 saturated carbocycles. The second kappa shape index (κ2) is 6.75. The van der Waals surface area contributed by atoms with Crippen LogP contribution in [0.5, 0.6) is 0 Å². The van der Waals surface area contributed by atoms with Crippen molar-refractivity contribution in [1.82, 2.24) is 14.5 Å². The highest BCUT2D eigenvalue weighted by molar-refractivity contribution is 7.09. The number of carbonyl (C=O) groups is 1. The Kier molecular flexibility index (Phi) is 4.52. The molecule has 6 heteroatoms. The fourth-order valence-electron chi connectivity index (χ4n) is 2.49. The molecule has 1 atom stereocenters. The topological polar surface area (TPSA) is 59.8 Å². The summed E-state index contributed by atoms with van der Waals surface area (Å²) in [7, 11) is 0. The summed E-state index contributed by atoms with van der Waals surface area (Å²) < 4.78 is 2.12. The van der Waals surface area contributed by atoms with Gasteiger partial charge >= 0.3 is 0 Å². The summed E-state index contributed by atoms with van der Waals surface area (Å²) in [4.78, 5) is 20.4. The highest BCUT2D eigenvalue weighted by Crippen LogP contribution is 2.21. The second-order valence-electron chi connectivity index (χ2n) is 5.33. The number of aryl methyl sites for hydroxylation is 1. The van der Waals surface area contributed by atoms with Crippen LogP contribution in [-0.2, 0) is 11.2 Å². The average Bonchev–Trinajstić information content (AvgIpc) is 3.19. The van der Waals surface area contributed by atoms with Gasteiger partial charge in [0.2, 0.25) is 5.91 Å². The van der Waals surface area contributed by atoms with E-state index in [0.29, 0.717) is 6.42 Å². The molecule has 0 saturated heterocycles. The molecule has 3 rings (SSSR count). The predicted molar refractivity (Wildman–Crippen MR) is 91.7 cm³/mol. The lowest BCUT2D eigenvalue weighted by atomic mass is 10.1. The Morgan fingerprint density at radius 1 is 1.26 bits per heavy atom. The van der Waals surface area contributed by atoms with Crippen molar-refractivity contribution in [2.75, 3.05) is 5.32 Å². The fourth-order valence-corrected chi connectivity index (χ4v) is 3.10. The van der Waals surface area contributed by atoms with Crippen LogP contribution in [0.4, 0.5) is 5.69 Å². The van der Waals surface area contributed by atoms with E-state index in [9.17, 15) is 4.79 Å². The first kappa shape index (κ1) is 15.4. The molecule has 0 aliphatic heterocycles. The highest BCUT2D eigenvalue weighted by Gasteiger charge is 2.10. The maximum Gasteiger partial charge on any atom is 0.231 e. The van der Waals surface area contributed by atoms with Crippen LogP contribution in [0.25, 0.3) is 0 Å². The molecule has 0 aliphatic carbocycles. The molecule has 2 aromatic heterocycles. The van der Waals surface area contributed by atoms with Gasteiger partial charge in [0.05, 0.1) is 12.5 Å². The molecule has 1 N–H and O–H groups in total. The zero-order valence-electron chi connectivity index (χ0n) is 13.1. The van der Waals surface area contributed by atoms with Gasteiger partial charge in [0, 0.05) is 29.7 Å². The van der Waals surface area contributed by atoms with Gasteiger partial charge in [0.1, 0.15) is 10.8 Å². The Balaban J connectivity index is 1.65. The minimum atomic E-state index is -0.0498. The fraction of sp³-hybridized carbons (Fsp3) is 0.235. The molecule has 1 aromatic carbocycles. The molecule has 5 nitrogen and oxygen atoms in total. The van der Waals surface area contributed by atoms with Gasteiger partial charge in [-0.15, -0.1) is 11.3 Å². The van der Waals surface area contributed by atoms with Crippen LogP contribution in [0.1, 0.15) is 29.4 Å². The summed E-state index contributed by atoms with van der Waals surface area (Å²) in [5.41, 5.74) is 1.97. The van der Waals surface area contributed by atoms with E-state index in [2.05, 4.69) is 26.8 Å². The third-order valence-electron chi connectivity index (χ3n) is 3.75. The number of thiazole rings is 1. The number of aromatic nitrogens is 3. The largest absolute Gasteiger partial charge is 0.328 e. The average molecular weight is 326 g/mol. The van der Waals surface area contributed by atoms with Gasteiger partial charge in [-0.2, -0.15) is 0 Å². The molecule has 0 unspecified atom stereocenters. The number of imidazole rings is 1. The van der Waals surface area contributed by atoms with Crippen LogP contribution < -0.4 is 5.32 Å². The Bertz CT molecular complexity index is 777. The minimum absolute atomic E-state index is 0.0498. The van der Waals surface area contributed by atoms with Crippen molar-refractivity contribution in [1.29, 1.82) is 0 Å². The number of rotatable bonds is 5. The molecule has 118 valence electrons. The molecule has 0 spiro atoms. The number of anilines is 1. The normalized spacial score (nSPS) is 12.1. The van der Waals surface area contributed by atoms with Gasteiger partial charge in [-0.05, 0) is 31.5 Å². The lowest BCUT2D eigenvalue weighted by Gasteiger charge is -2.16. The van der Waals surface area contributed by atoms with Crippen molar-refractivity contribution < 1.29 is 4.79 Å². The Morgan fingerprint density at radius 3 is 2.65 bits per heavy atom. The van der Waals surface area contributed by atoms with E-state index < -0.39 is 0 Å². The Morgan fingerprint density at radius 2 is 2.04 bits per heavy atom. The Labute approximate surface area is 139 Å². The number of benzene rings is 1.